The molecule has 0 fully saturated rings. The second kappa shape index (κ2) is 7.66. The zero-order valence-electron chi connectivity index (χ0n) is 11.1. The Bertz CT molecular complexity index is 445. The number of ether oxygens (including phenoxy) is 1. The van der Waals surface area contributed by atoms with Crippen LogP contribution in [0, 0.1) is 0 Å². The molecule has 1 atom stereocenters. The first kappa shape index (κ1) is 13.7. The van der Waals surface area contributed by atoms with Crippen LogP contribution in [-0.4, -0.2) is 23.1 Å². The van der Waals surface area contributed by atoms with E-state index in [4.69, 9.17) is 9.15 Å². The Hall–Kier alpha value is -1.72. The summed E-state index contributed by atoms with van der Waals surface area (Å²) < 4.78 is 10.7. The molecular formula is C14H19N3O2. The first-order valence-electron chi connectivity index (χ1n) is 6.45. The second-order valence-corrected chi connectivity index (χ2v) is 4.29. The van der Waals surface area contributed by atoms with E-state index in [-0.39, 0.29) is 6.04 Å². The van der Waals surface area contributed by atoms with Gasteiger partial charge in [-0.25, -0.2) is 0 Å². The highest BCUT2D eigenvalue weighted by molar-refractivity contribution is 5.00. The van der Waals surface area contributed by atoms with E-state index in [1.807, 2.05) is 12.1 Å². The van der Waals surface area contributed by atoms with Gasteiger partial charge in [0.1, 0.15) is 12.4 Å². The summed E-state index contributed by atoms with van der Waals surface area (Å²) in [6.07, 6.45) is 7.78. The van der Waals surface area contributed by atoms with Crippen molar-refractivity contribution in [2.24, 2.45) is 0 Å². The van der Waals surface area contributed by atoms with Crippen LogP contribution in [0.1, 0.15) is 30.8 Å². The number of furan rings is 1. The fourth-order valence-electron chi connectivity index (χ4n) is 1.70. The maximum atomic E-state index is 5.50. The number of nitrogens with one attached hydrogen (secondary N) is 1. The summed E-state index contributed by atoms with van der Waals surface area (Å²) in [7, 11) is 0. The summed E-state index contributed by atoms with van der Waals surface area (Å²) in [4.78, 5) is 8.31. The maximum absolute atomic E-state index is 5.50. The average Bonchev–Trinajstić information content (AvgIpc) is 2.96. The summed E-state index contributed by atoms with van der Waals surface area (Å²) in [5.74, 6) is 0.862. The molecule has 0 aliphatic rings. The lowest BCUT2D eigenvalue weighted by Gasteiger charge is -2.12. The highest BCUT2D eigenvalue weighted by Gasteiger charge is 2.04. The van der Waals surface area contributed by atoms with Gasteiger partial charge in [-0.3, -0.25) is 9.97 Å². The van der Waals surface area contributed by atoms with E-state index in [1.165, 1.54) is 0 Å². The lowest BCUT2D eigenvalue weighted by molar-refractivity contribution is 0.103. The molecule has 0 aromatic carbocycles. The molecule has 1 N–H and O–H groups in total. The standard InChI is InChI=1S/C14H19N3O2/c1-12(14-10-15-6-7-17-14)16-5-3-8-18-11-13-4-2-9-19-13/h2,4,6-7,9-10,12,16H,3,5,8,11H2,1H3. The molecule has 0 bridgehead atoms. The van der Waals surface area contributed by atoms with Gasteiger partial charge >= 0.3 is 0 Å². The predicted octanol–water partition coefficient (Wildman–Crippen LogP) is 2.33. The number of aromatic nitrogens is 2. The summed E-state index contributed by atoms with van der Waals surface area (Å²) in [6.45, 7) is 4.21. The smallest absolute Gasteiger partial charge is 0.129 e. The Labute approximate surface area is 113 Å². The molecule has 2 rings (SSSR count). The minimum Gasteiger partial charge on any atom is -0.467 e. The number of nitrogens with zero attached hydrogens (tertiary/aromatic N) is 2. The Morgan fingerprint density at radius 1 is 1.42 bits per heavy atom. The highest BCUT2D eigenvalue weighted by Crippen LogP contribution is 2.06. The van der Waals surface area contributed by atoms with Gasteiger partial charge in [0.15, 0.2) is 0 Å². The molecule has 5 heteroatoms. The number of hydrogen-bond acceptors (Lipinski definition) is 5. The van der Waals surface area contributed by atoms with Gasteiger partial charge in [0.25, 0.3) is 0 Å². The lowest BCUT2D eigenvalue weighted by atomic mass is 10.2. The molecule has 0 saturated heterocycles. The van der Waals surface area contributed by atoms with Crippen molar-refractivity contribution in [2.45, 2.75) is 26.0 Å². The quantitative estimate of drug-likeness (QED) is 0.739. The van der Waals surface area contributed by atoms with Crippen molar-refractivity contribution >= 4 is 0 Å². The van der Waals surface area contributed by atoms with E-state index in [0.717, 1.165) is 24.4 Å². The normalized spacial score (nSPS) is 12.5. The van der Waals surface area contributed by atoms with Crippen LogP contribution < -0.4 is 5.32 Å². The van der Waals surface area contributed by atoms with Crippen molar-refractivity contribution in [1.29, 1.82) is 0 Å². The van der Waals surface area contributed by atoms with Gasteiger partial charge in [0.05, 0.1) is 12.0 Å². The van der Waals surface area contributed by atoms with Crippen molar-refractivity contribution in [3.8, 4) is 0 Å². The van der Waals surface area contributed by atoms with E-state index in [2.05, 4.69) is 22.2 Å². The Kier molecular flexibility index (Phi) is 5.52. The third kappa shape index (κ3) is 4.81. The van der Waals surface area contributed by atoms with Crippen molar-refractivity contribution in [1.82, 2.24) is 15.3 Å². The van der Waals surface area contributed by atoms with Crippen LogP contribution in [0.5, 0.6) is 0 Å². The summed E-state index contributed by atoms with van der Waals surface area (Å²) >= 11 is 0. The van der Waals surface area contributed by atoms with Gasteiger partial charge < -0.3 is 14.5 Å². The molecule has 2 aromatic rings. The van der Waals surface area contributed by atoms with Gasteiger partial charge in [0, 0.05) is 31.2 Å². The van der Waals surface area contributed by atoms with Crippen molar-refractivity contribution in [3.05, 3.63) is 48.4 Å². The highest BCUT2D eigenvalue weighted by atomic mass is 16.5. The largest absolute Gasteiger partial charge is 0.467 e. The first-order valence-corrected chi connectivity index (χ1v) is 6.45. The topological polar surface area (TPSA) is 60.2 Å². The molecule has 2 aromatic heterocycles. The summed E-state index contributed by atoms with van der Waals surface area (Å²) in [6, 6.07) is 3.98. The number of rotatable bonds is 8. The first-order chi connectivity index (χ1) is 9.36. The second-order valence-electron chi connectivity index (χ2n) is 4.29. The van der Waals surface area contributed by atoms with E-state index >= 15 is 0 Å². The van der Waals surface area contributed by atoms with Crippen LogP contribution >= 0.6 is 0 Å². The van der Waals surface area contributed by atoms with E-state index in [0.29, 0.717) is 13.2 Å². The Morgan fingerprint density at radius 2 is 2.37 bits per heavy atom. The Morgan fingerprint density at radius 3 is 3.11 bits per heavy atom. The molecule has 0 aliphatic heterocycles. The van der Waals surface area contributed by atoms with Crippen LogP contribution in [0.15, 0.2) is 41.4 Å². The van der Waals surface area contributed by atoms with Crippen molar-refractivity contribution in [2.75, 3.05) is 13.2 Å². The van der Waals surface area contributed by atoms with E-state index < -0.39 is 0 Å². The SMILES string of the molecule is CC(NCCCOCc1ccco1)c1cnccn1. The van der Waals surface area contributed by atoms with E-state index in [9.17, 15) is 0 Å². The van der Waals surface area contributed by atoms with Crippen LogP contribution in [0.4, 0.5) is 0 Å². The molecule has 0 radical (unpaired) electrons. The molecule has 19 heavy (non-hydrogen) atoms. The monoisotopic (exact) mass is 261 g/mol. The van der Waals surface area contributed by atoms with Crippen molar-refractivity contribution < 1.29 is 9.15 Å². The number of hydrogen-bond donors (Lipinski definition) is 1. The van der Waals surface area contributed by atoms with Gasteiger partial charge in [-0.15, -0.1) is 0 Å². The molecule has 5 nitrogen and oxygen atoms in total. The fraction of sp³-hybridized carbons (Fsp3) is 0.429. The van der Waals surface area contributed by atoms with Crippen LogP contribution in [0.2, 0.25) is 0 Å². The Balaban J connectivity index is 1.54. The van der Waals surface area contributed by atoms with Crippen LogP contribution in [0.3, 0.4) is 0 Å². The maximum Gasteiger partial charge on any atom is 0.129 e. The predicted molar refractivity (Wildman–Crippen MR) is 71.4 cm³/mol. The molecule has 1 unspecified atom stereocenters. The van der Waals surface area contributed by atoms with Crippen LogP contribution in [-0.2, 0) is 11.3 Å². The molecule has 102 valence electrons. The third-order valence-corrected chi connectivity index (χ3v) is 2.77. The minimum absolute atomic E-state index is 0.207. The molecule has 0 spiro atoms. The van der Waals surface area contributed by atoms with Crippen molar-refractivity contribution in [3.63, 3.8) is 0 Å². The molecule has 0 amide bonds. The average molecular weight is 261 g/mol. The zero-order chi connectivity index (χ0) is 13.3. The molecule has 2 heterocycles. The van der Waals surface area contributed by atoms with Crippen LogP contribution in [0.25, 0.3) is 0 Å². The summed E-state index contributed by atoms with van der Waals surface area (Å²) in [5.41, 5.74) is 0.957. The molecule has 0 aliphatic carbocycles. The molecule has 0 saturated carbocycles. The van der Waals surface area contributed by atoms with Gasteiger partial charge in [0.2, 0.25) is 0 Å². The fourth-order valence-corrected chi connectivity index (χ4v) is 1.70. The van der Waals surface area contributed by atoms with Gasteiger partial charge in [-0.2, -0.15) is 0 Å². The third-order valence-electron chi connectivity index (χ3n) is 2.77. The minimum atomic E-state index is 0.207. The van der Waals surface area contributed by atoms with Gasteiger partial charge in [-0.1, -0.05) is 0 Å². The molecular weight excluding hydrogens is 242 g/mol. The van der Waals surface area contributed by atoms with Gasteiger partial charge in [-0.05, 0) is 32.0 Å². The summed E-state index contributed by atoms with van der Waals surface area (Å²) in [5, 5.41) is 3.39. The lowest BCUT2D eigenvalue weighted by Crippen LogP contribution is -2.21. The van der Waals surface area contributed by atoms with E-state index in [1.54, 1.807) is 24.9 Å². The zero-order valence-corrected chi connectivity index (χ0v) is 11.1.